The van der Waals surface area contributed by atoms with Gasteiger partial charge < -0.3 is 19.5 Å². The first kappa shape index (κ1) is 23.3. The highest BCUT2D eigenvalue weighted by Crippen LogP contribution is 2.16. The number of guanidine groups is 1. The van der Waals surface area contributed by atoms with Crippen molar-refractivity contribution in [2.75, 3.05) is 39.8 Å². The Labute approximate surface area is 190 Å². The number of hydrogen-bond acceptors (Lipinski definition) is 3. The lowest BCUT2D eigenvalue weighted by atomic mass is 9.97. The third kappa shape index (κ3) is 5.74. The van der Waals surface area contributed by atoms with Crippen molar-refractivity contribution in [1.82, 2.24) is 15.1 Å². The van der Waals surface area contributed by atoms with E-state index in [9.17, 15) is 4.79 Å². The molecule has 1 aliphatic heterocycles. The topological polar surface area (TPSA) is 61.1 Å². The average molecular weight is 510 g/mol. The second kappa shape index (κ2) is 10.7. The molecule has 1 amide bonds. The second-order valence-corrected chi connectivity index (χ2v) is 7.36. The molecule has 0 aliphatic carbocycles. The number of nitrogens with zero attached hydrogens (tertiary/aromatic N) is 3. The molecule has 7 heteroatoms. The van der Waals surface area contributed by atoms with E-state index in [-0.39, 0.29) is 29.9 Å². The third-order valence-corrected chi connectivity index (χ3v) is 5.31. The summed E-state index contributed by atoms with van der Waals surface area (Å²) in [6.07, 6.45) is 2.50. The van der Waals surface area contributed by atoms with E-state index >= 15 is 0 Å². The third-order valence-electron chi connectivity index (χ3n) is 5.31. The summed E-state index contributed by atoms with van der Waals surface area (Å²) in [6.45, 7) is 10.2. The van der Waals surface area contributed by atoms with Crippen molar-refractivity contribution in [3.05, 3.63) is 58.5 Å². The Balaban J connectivity index is 0.00000300. The Morgan fingerprint density at radius 2 is 1.72 bits per heavy atom. The number of piperazine rings is 1. The number of halogens is 1. The number of hydrogen-bond donors (Lipinski definition) is 1. The highest BCUT2D eigenvalue weighted by atomic mass is 127. The fourth-order valence-electron chi connectivity index (χ4n) is 3.91. The van der Waals surface area contributed by atoms with E-state index in [0.717, 1.165) is 32.0 Å². The summed E-state index contributed by atoms with van der Waals surface area (Å²) in [5.74, 6) is 1.25. The van der Waals surface area contributed by atoms with Crippen LogP contribution in [0.1, 0.15) is 32.8 Å². The predicted octanol–water partition coefficient (Wildman–Crippen LogP) is 3.40. The lowest BCUT2D eigenvalue weighted by molar-refractivity contribution is 0.0658. The van der Waals surface area contributed by atoms with Crippen LogP contribution < -0.4 is 5.32 Å². The average Bonchev–Trinajstić information content (AvgIpc) is 3.21. The SMILES string of the molecule is CN=C(NCCc1c(C)cc(C)cc1C)N1CCN(C(=O)c2ccco2)CC1.I. The Hall–Kier alpha value is -2.03. The zero-order valence-electron chi connectivity index (χ0n) is 17.7. The van der Waals surface area contributed by atoms with E-state index in [0.29, 0.717) is 18.8 Å². The number of benzene rings is 1. The van der Waals surface area contributed by atoms with Crippen molar-refractivity contribution in [3.63, 3.8) is 0 Å². The molecule has 158 valence electrons. The molecular weight excluding hydrogens is 479 g/mol. The number of nitrogens with one attached hydrogen (secondary N) is 1. The summed E-state index contributed by atoms with van der Waals surface area (Å²) in [4.78, 5) is 20.9. The molecule has 1 saturated heterocycles. The Bertz CT molecular complexity index is 817. The van der Waals surface area contributed by atoms with E-state index in [1.807, 2.05) is 11.9 Å². The lowest BCUT2D eigenvalue weighted by Crippen LogP contribution is -2.54. The van der Waals surface area contributed by atoms with Gasteiger partial charge in [-0.25, -0.2) is 0 Å². The molecule has 0 spiro atoms. The molecule has 29 heavy (non-hydrogen) atoms. The summed E-state index contributed by atoms with van der Waals surface area (Å²) < 4.78 is 5.22. The van der Waals surface area contributed by atoms with Crippen LogP contribution >= 0.6 is 24.0 Å². The molecule has 1 aromatic heterocycles. The number of rotatable bonds is 4. The number of carbonyl (C=O) groups excluding carboxylic acids is 1. The van der Waals surface area contributed by atoms with Gasteiger partial charge in [-0.3, -0.25) is 9.79 Å². The Kier molecular flexibility index (Phi) is 8.55. The van der Waals surface area contributed by atoms with Gasteiger partial charge in [0.2, 0.25) is 0 Å². The van der Waals surface area contributed by atoms with E-state index in [2.05, 4.69) is 48.1 Å². The van der Waals surface area contributed by atoms with Gasteiger partial charge in [0.1, 0.15) is 0 Å². The molecule has 1 N–H and O–H groups in total. The Morgan fingerprint density at radius 3 is 2.28 bits per heavy atom. The van der Waals surface area contributed by atoms with Crippen LogP contribution in [0.5, 0.6) is 0 Å². The summed E-state index contributed by atoms with van der Waals surface area (Å²) in [5, 5.41) is 3.48. The summed E-state index contributed by atoms with van der Waals surface area (Å²) in [6, 6.07) is 7.94. The van der Waals surface area contributed by atoms with Crippen LogP contribution in [0.3, 0.4) is 0 Å². The highest BCUT2D eigenvalue weighted by Gasteiger charge is 2.25. The molecule has 3 rings (SSSR count). The van der Waals surface area contributed by atoms with Crippen LogP contribution in [0.25, 0.3) is 0 Å². The number of furan rings is 1. The zero-order valence-corrected chi connectivity index (χ0v) is 20.0. The highest BCUT2D eigenvalue weighted by molar-refractivity contribution is 14.0. The van der Waals surface area contributed by atoms with Gasteiger partial charge in [0.05, 0.1) is 6.26 Å². The molecular formula is C22H31IN4O2. The normalized spacial score (nSPS) is 14.6. The van der Waals surface area contributed by atoms with Gasteiger partial charge in [0.25, 0.3) is 5.91 Å². The molecule has 2 heterocycles. The summed E-state index contributed by atoms with van der Waals surface area (Å²) in [7, 11) is 1.81. The van der Waals surface area contributed by atoms with Gasteiger partial charge in [-0.1, -0.05) is 17.7 Å². The van der Waals surface area contributed by atoms with E-state index in [1.165, 1.54) is 28.5 Å². The molecule has 0 radical (unpaired) electrons. The number of aryl methyl sites for hydroxylation is 3. The van der Waals surface area contributed by atoms with Crippen LogP contribution in [0.15, 0.2) is 39.9 Å². The predicted molar refractivity (Wildman–Crippen MR) is 127 cm³/mol. The van der Waals surface area contributed by atoms with Crippen LogP contribution in [-0.2, 0) is 6.42 Å². The van der Waals surface area contributed by atoms with Crippen molar-refractivity contribution in [2.24, 2.45) is 4.99 Å². The van der Waals surface area contributed by atoms with Crippen LogP contribution in [0.2, 0.25) is 0 Å². The fraction of sp³-hybridized carbons (Fsp3) is 0.455. The molecule has 1 aromatic carbocycles. The first-order chi connectivity index (χ1) is 13.5. The maximum Gasteiger partial charge on any atom is 0.289 e. The molecule has 0 unspecified atom stereocenters. The van der Waals surface area contributed by atoms with Crippen molar-refractivity contribution in [3.8, 4) is 0 Å². The molecule has 0 bridgehead atoms. The van der Waals surface area contributed by atoms with Crippen molar-refractivity contribution < 1.29 is 9.21 Å². The van der Waals surface area contributed by atoms with E-state index in [1.54, 1.807) is 12.1 Å². The first-order valence-electron chi connectivity index (χ1n) is 9.84. The second-order valence-electron chi connectivity index (χ2n) is 7.36. The number of aliphatic imine (C=N–C) groups is 1. The van der Waals surface area contributed by atoms with Crippen LogP contribution in [-0.4, -0.2) is 61.4 Å². The fourth-order valence-corrected chi connectivity index (χ4v) is 3.91. The van der Waals surface area contributed by atoms with E-state index < -0.39 is 0 Å². The monoisotopic (exact) mass is 510 g/mol. The molecule has 1 fully saturated rings. The van der Waals surface area contributed by atoms with Crippen molar-refractivity contribution in [1.29, 1.82) is 0 Å². The summed E-state index contributed by atoms with van der Waals surface area (Å²) >= 11 is 0. The van der Waals surface area contributed by atoms with Gasteiger partial charge in [-0.2, -0.15) is 0 Å². The molecule has 2 aromatic rings. The largest absolute Gasteiger partial charge is 0.459 e. The quantitative estimate of drug-likeness (QED) is 0.389. The standard InChI is InChI=1S/C22H30N4O2.HI/c1-16-14-17(2)19(18(3)15-16)7-8-24-22(23-4)26-11-9-25(10-12-26)21(27)20-6-5-13-28-20;/h5-6,13-15H,7-12H2,1-4H3,(H,23,24);1H. The van der Waals surface area contributed by atoms with Crippen LogP contribution in [0.4, 0.5) is 0 Å². The van der Waals surface area contributed by atoms with Gasteiger partial charge >= 0.3 is 0 Å². The van der Waals surface area contributed by atoms with Gasteiger partial charge in [0, 0.05) is 39.8 Å². The minimum absolute atomic E-state index is 0. The van der Waals surface area contributed by atoms with Crippen molar-refractivity contribution >= 4 is 35.8 Å². The molecule has 1 aliphatic rings. The van der Waals surface area contributed by atoms with Crippen molar-refractivity contribution in [2.45, 2.75) is 27.2 Å². The van der Waals surface area contributed by atoms with Crippen LogP contribution in [0, 0.1) is 20.8 Å². The van der Waals surface area contributed by atoms with Gasteiger partial charge in [-0.05, 0) is 56.0 Å². The maximum absolute atomic E-state index is 12.4. The maximum atomic E-state index is 12.4. The molecule has 0 saturated carbocycles. The number of amides is 1. The molecule has 0 atom stereocenters. The smallest absolute Gasteiger partial charge is 0.289 e. The zero-order chi connectivity index (χ0) is 20.1. The molecule has 6 nitrogen and oxygen atoms in total. The lowest BCUT2D eigenvalue weighted by Gasteiger charge is -2.36. The van der Waals surface area contributed by atoms with Gasteiger partial charge in [-0.15, -0.1) is 24.0 Å². The minimum atomic E-state index is -0.0436. The van der Waals surface area contributed by atoms with E-state index in [4.69, 9.17) is 4.42 Å². The van der Waals surface area contributed by atoms with Gasteiger partial charge in [0.15, 0.2) is 11.7 Å². The summed E-state index contributed by atoms with van der Waals surface area (Å²) in [5.41, 5.74) is 5.41. The first-order valence-corrected chi connectivity index (χ1v) is 9.84. The minimum Gasteiger partial charge on any atom is -0.459 e. The number of carbonyl (C=O) groups is 1. The Morgan fingerprint density at radius 1 is 1.10 bits per heavy atom.